The monoisotopic (exact) mass is 478 g/mol. The quantitative estimate of drug-likeness (QED) is 0.365. The molecule has 2 rings (SSSR count). The number of alkyl halides is 1. The number of ether oxygens (including phenoxy) is 2. The van der Waals surface area contributed by atoms with Crippen LogP contribution in [0, 0.1) is 11.8 Å². The Morgan fingerprint density at radius 3 is 1.97 bits per heavy atom. The molecule has 8 heteroatoms. The molecule has 0 heterocycles. The highest BCUT2D eigenvalue weighted by atomic mass is 35.5. The molecule has 0 aliphatic rings. The van der Waals surface area contributed by atoms with Crippen molar-refractivity contribution < 1.29 is 17.9 Å². The molecule has 29 heavy (non-hydrogen) atoms. The zero-order valence-electron chi connectivity index (χ0n) is 16.6. The van der Waals surface area contributed by atoms with Crippen molar-refractivity contribution >= 4 is 44.6 Å². The fraction of sp³-hybridized carbons (Fsp3) is 0.429. The van der Waals surface area contributed by atoms with Crippen molar-refractivity contribution in [2.75, 3.05) is 19.1 Å². The van der Waals surface area contributed by atoms with Gasteiger partial charge in [0.05, 0.1) is 33.0 Å². The lowest BCUT2D eigenvalue weighted by Gasteiger charge is -2.15. The molecule has 0 fully saturated rings. The van der Waals surface area contributed by atoms with Crippen molar-refractivity contribution in [1.29, 1.82) is 0 Å². The maximum atomic E-state index is 13.0. The zero-order chi connectivity index (χ0) is 21.6. The predicted octanol–water partition coefficient (Wildman–Crippen LogP) is 6.50. The van der Waals surface area contributed by atoms with Gasteiger partial charge in [-0.25, -0.2) is 8.42 Å². The zero-order valence-corrected chi connectivity index (χ0v) is 19.7. The van der Waals surface area contributed by atoms with Gasteiger partial charge in [-0.15, -0.1) is 11.6 Å². The first kappa shape index (κ1) is 24.1. The molecule has 0 unspecified atom stereocenters. The van der Waals surface area contributed by atoms with E-state index in [0.717, 1.165) is 6.42 Å². The fourth-order valence-corrected chi connectivity index (χ4v) is 4.43. The summed E-state index contributed by atoms with van der Waals surface area (Å²) in [6.07, 6.45) is 0.951. The van der Waals surface area contributed by atoms with E-state index in [0.29, 0.717) is 36.5 Å². The largest absolute Gasteiger partial charge is 0.493 e. The molecule has 2 aromatic rings. The van der Waals surface area contributed by atoms with E-state index >= 15 is 0 Å². The van der Waals surface area contributed by atoms with E-state index in [1.165, 1.54) is 24.3 Å². The van der Waals surface area contributed by atoms with Gasteiger partial charge in [0.15, 0.2) is 5.75 Å². The summed E-state index contributed by atoms with van der Waals surface area (Å²) in [6.45, 7) is 6.98. The van der Waals surface area contributed by atoms with Crippen molar-refractivity contribution in [3.63, 3.8) is 0 Å². The Balaban J connectivity index is 2.22. The van der Waals surface area contributed by atoms with E-state index < -0.39 is 9.84 Å². The Labute approximate surface area is 188 Å². The first-order chi connectivity index (χ1) is 13.7. The third-order valence-electron chi connectivity index (χ3n) is 4.42. The van der Waals surface area contributed by atoms with E-state index in [-0.39, 0.29) is 25.8 Å². The summed E-state index contributed by atoms with van der Waals surface area (Å²) in [5.74, 6) is 1.89. The fourth-order valence-electron chi connectivity index (χ4n) is 2.31. The standard InChI is InChI=1S/C21H25Cl3O4S/c1-4-14(2)12-28-21-19(23)9-18(10-20(21)24)29(25,26)17-7-5-16(6-8-17)27-13-15(3)11-22/h5-10,14-15H,4,11-13H2,1-3H3/t14-,15-/m0/s1. The lowest BCUT2D eigenvalue weighted by Crippen LogP contribution is -2.10. The summed E-state index contributed by atoms with van der Waals surface area (Å²) in [5, 5.41) is 0.323. The molecule has 0 saturated carbocycles. The molecule has 0 N–H and O–H groups in total. The molecular formula is C21H25Cl3O4S. The van der Waals surface area contributed by atoms with E-state index in [1.807, 2.05) is 13.8 Å². The van der Waals surface area contributed by atoms with Gasteiger partial charge in [0.2, 0.25) is 9.84 Å². The number of halogens is 3. The molecule has 2 aromatic carbocycles. The van der Waals surface area contributed by atoms with Gasteiger partial charge in [-0.2, -0.15) is 0 Å². The van der Waals surface area contributed by atoms with Gasteiger partial charge in [-0.05, 0) is 42.3 Å². The average molecular weight is 480 g/mol. The molecule has 4 nitrogen and oxygen atoms in total. The van der Waals surface area contributed by atoms with Crippen LogP contribution in [0.2, 0.25) is 10.0 Å². The number of rotatable bonds is 10. The summed E-state index contributed by atoms with van der Waals surface area (Å²) >= 11 is 18.3. The number of hydrogen-bond acceptors (Lipinski definition) is 4. The van der Waals surface area contributed by atoms with Crippen LogP contribution in [0.15, 0.2) is 46.2 Å². The second kappa shape index (κ2) is 10.8. The van der Waals surface area contributed by atoms with Crippen LogP contribution < -0.4 is 9.47 Å². The molecular weight excluding hydrogens is 455 g/mol. The molecule has 0 aromatic heterocycles. The molecule has 2 atom stereocenters. The minimum atomic E-state index is -3.79. The van der Waals surface area contributed by atoms with Crippen LogP contribution in [-0.4, -0.2) is 27.5 Å². The molecule has 0 radical (unpaired) electrons. The maximum absolute atomic E-state index is 13.0. The molecule has 0 saturated heterocycles. The van der Waals surface area contributed by atoms with E-state index in [2.05, 4.69) is 6.92 Å². The third kappa shape index (κ3) is 6.42. The molecule has 0 aliphatic carbocycles. The first-order valence-corrected chi connectivity index (χ1v) is 12.1. The first-order valence-electron chi connectivity index (χ1n) is 9.34. The second-order valence-corrected chi connectivity index (χ2v) is 10.2. The number of benzene rings is 2. The van der Waals surface area contributed by atoms with Gasteiger partial charge in [0.1, 0.15) is 5.75 Å². The molecule has 0 amide bonds. The van der Waals surface area contributed by atoms with Crippen LogP contribution >= 0.6 is 34.8 Å². The highest BCUT2D eigenvalue weighted by Crippen LogP contribution is 2.37. The van der Waals surface area contributed by atoms with E-state index in [1.54, 1.807) is 12.1 Å². The number of hydrogen-bond donors (Lipinski definition) is 0. The normalized spacial score (nSPS) is 13.7. The van der Waals surface area contributed by atoms with Gasteiger partial charge in [-0.3, -0.25) is 0 Å². The minimum absolute atomic E-state index is 0.00724. The van der Waals surface area contributed by atoms with Crippen LogP contribution in [0.4, 0.5) is 0 Å². The molecule has 0 spiro atoms. The van der Waals surface area contributed by atoms with Crippen LogP contribution in [0.3, 0.4) is 0 Å². The molecule has 0 aliphatic heterocycles. The van der Waals surface area contributed by atoms with Crippen LogP contribution in [-0.2, 0) is 9.84 Å². The summed E-state index contributed by atoms with van der Waals surface area (Å²) in [6, 6.07) is 8.93. The SMILES string of the molecule is CC[C@H](C)COc1c(Cl)cc(S(=O)(=O)c2ccc(OC[C@@H](C)CCl)cc2)cc1Cl. The Morgan fingerprint density at radius 1 is 0.897 bits per heavy atom. The summed E-state index contributed by atoms with van der Waals surface area (Å²) in [5.41, 5.74) is 0. The van der Waals surface area contributed by atoms with Crippen LogP contribution in [0.25, 0.3) is 0 Å². The third-order valence-corrected chi connectivity index (χ3v) is 7.26. The molecule has 160 valence electrons. The minimum Gasteiger partial charge on any atom is -0.493 e. The van der Waals surface area contributed by atoms with Crippen molar-refractivity contribution in [2.45, 2.75) is 37.0 Å². The van der Waals surface area contributed by atoms with Gasteiger partial charge in [-0.1, -0.05) is 50.4 Å². The van der Waals surface area contributed by atoms with Crippen LogP contribution in [0.5, 0.6) is 11.5 Å². The number of sulfone groups is 1. The van der Waals surface area contributed by atoms with Crippen LogP contribution in [0.1, 0.15) is 27.2 Å². The van der Waals surface area contributed by atoms with Crippen molar-refractivity contribution in [3.05, 3.63) is 46.4 Å². The average Bonchev–Trinajstić information content (AvgIpc) is 2.71. The second-order valence-electron chi connectivity index (χ2n) is 7.09. The van der Waals surface area contributed by atoms with Crippen molar-refractivity contribution in [2.24, 2.45) is 11.8 Å². The Morgan fingerprint density at radius 2 is 1.45 bits per heavy atom. The van der Waals surface area contributed by atoms with E-state index in [9.17, 15) is 8.42 Å². The topological polar surface area (TPSA) is 52.6 Å². The maximum Gasteiger partial charge on any atom is 0.206 e. The van der Waals surface area contributed by atoms with Crippen molar-refractivity contribution in [1.82, 2.24) is 0 Å². The highest BCUT2D eigenvalue weighted by Gasteiger charge is 2.22. The van der Waals surface area contributed by atoms with E-state index in [4.69, 9.17) is 44.3 Å². The Hall–Kier alpha value is -1.14. The highest BCUT2D eigenvalue weighted by molar-refractivity contribution is 7.91. The Bertz CT molecular complexity index is 891. The molecule has 0 bridgehead atoms. The summed E-state index contributed by atoms with van der Waals surface area (Å²) < 4.78 is 37.2. The van der Waals surface area contributed by atoms with Gasteiger partial charge in [0, 0.05) is 11.8 Å². The summed E-state index contributed by atoms with van der Waals surface area (Å²) in [4.78, 5) is 0.128. The van der Waals surface area contributed by atoms with Gasteiger partial charge < -0.3 is 9.47 Å². The lowest BCUT2D eigenvalue weighted by molar-refractivity contribution is 0.257. The van der Waals surface area contributed by atoms with Crippen molar-refractivity contribution in [3.8, 4) is 11.5 Å². The smallest absolute Gasteiger partial charge is 0.206 e. The summed E-state index contributed by atoms with van der Waals surface area (Å²) in [7, 11) is -3.79. The lowest BCUT2D eigenvalue weighted by atomic mass is 10.1. The van der Waals surface area contributed by atoms with Gasteiger partial charge in [0.25, 0.3) is 0 Å². The van der Waals surface area contributed by atoms with Gasteiger partial charge >= 0.3 is 0 Å². The Kier molecular flexibility index (Phi) is 8.95. The predicted molar refractivity (Wildman–Crippen MR) is 119 cm³/mol.